The summed E-state index contributed by atoms with van der Waals surface area (Å²) in [6, 6.07) is 7.55. The number of likely N-dealkylation sites (tertiary alicyclic amines) is 1. The molecule has 144 valence electrons. The Labute approximate surface area is 164 Å². The van der Waals surface area contributed by atoms with E-state index in [1.807, 2.05) is 24.3 Å². The van der Waals surface area contributed by atoms with Crippen molar-refractivity contribution < 1.29 is 4.79 Å². The number of hydrogen-bond acceptors (Lipinski definition) is 4. The predicted molar refractivity (Wildman–Crippen MR) is 109 cm³/mol. The molecule has 1 aromatic rings. The Bertz CT molecular complexity index is 506. The van der Waals surface area contributed by atoms with E-state index in [-0.39, 0.29) is 30.7 Å². The number of amides is 1. The number of halogens is 2. The molecule has 1 heterocycles. The van der Waals surface area contributed by atoms with Crippen molar-refractivity contribution in [3.63, 3.8) is 0 Å². The number of nitrogens with two attached hydrogens (primary N) is 1. The Morgan fingerprint density at radius 2 is 1.96 bits per heavy atom. The van der Waals surface area contributed by atoms with Gasteiger partial charge in [-0.2, -0.15) is 0 Å². The lowest BCUT2D eigenvalue weighted by Gasteiger charge is -2.32. The average molecular weight is 391 g/mol. The number of hydrogen-bond donors (Lipinski definition) is 2. The number of likely N-dealkylation sites (N-methyl/N-ethyl adjacent to an activating group) is 1. The summed E-state index contributed by atoms with van der Waals surface area (Å²) >= 11 is 0. The lowest BCUT2D eigenvalue weighted by molar-refractivity contribution is 0.0935. The summed E-state index contributed by atoms with van der Waals surface area (Å²) in [7, 11) is 4.23. The van der Waals surface area contributed by atoms with E-state index in [0.29, 0.717) is 18.0 Å². The molecule has 3 N–H and O–H groups in total. The summed E-state index contributed by atoms with van der Waals surface area (Å²) in [4.78, 5) is 17.0. The first-order valence-corrected chi connectivity index (χ1v) is 8.52. The predicted octanol–water partition coefficient (Wildman–Crippen LogP) is 1.99. The minimum atomic E-state index is 0. The molecule has 1 fully saturated rings. The second-order valence-electron chi connectivity index (χ2n) is 6.70. The zero-order valence-corrected chi connectivity index (χ0v) is 16.9. The van der Waals surface area contributed by atoms with E-state index >= 15 is 0 Å². The largest absolute Gasteiger partial charge is 0.352 e. The maximum atomic E-state index is 12.2. The molecule has 0 atom stereocenters. The van der Waals surface area contributed by atoms with Crippen molar-refractivity contribution in [3.05, 3.63) is 35.4 Å². The molecule has 7 heteroatoms. The molecule has 1 saturated heterocycles. The molecule has 1 aliphatic rings. The van der Waals surface area contributed by atoms with Crippen LogP contribution in [0.2, 0.25) is 0 Å². The summed E-state index contributed by atoms with van der Waals surface area (Å²) in [5.41, 5.74) is 7.32. The molecule has 1 aromatic carbocycles. The minimum Gasteiger partial charge on any atom is -0.352 e. The Morgan fingerprint density at radius 1 is 1.28 bits per heavy atom. The summed E-state index contributed by atoms with van der Waals surface area (Å²) in [6.45, 7) is 5.75. The molecule has 0 unspecified atom stereocenters. The van der Waals surface area contributed by atoms with Gasteiger partial charge in [-0.25, -0.2) is 0 Å². The summed E-state index contributed by atoms with van der Waals surface area (Å²) < 4.78 is 0. The van der Waals surface area contributed by atoms with Gasteiger partial charge in [0.05, 0.1) is 0 Å². The second-order valence-corrected chi connectivity index (χ2v) is 6.70. The highest BCUT2D eigenvalue weighted by Crippen LogP contribution is 2.16. The third-order valence-electron chi connectivity index (χ3n) is 4.55. The Morgan fingerprint density at radius 3 is 2.56 bits per heavy atom. The maximum Gasteiger partial charge on any atom is 0.251 e. The Hall–Kier alpha value is -0.850. The zero-order chi connectivity index (χ0) is 16.7. The third-order valence-corrected chi connectivity index (χ3v) is 4.55. The van der Waals surface area contributed by atoms with Gasteiger partial charge >= 0.3 is 0 Å². The molecular weight excluding hydrogens is 359 g/mol. The van der Waals surface area contributed by atoms with Crippen LogP contribution < -0.4 is 11.1 Å². The number of piperidine rings is 1. The highest BCUT2D eigenvalue weighted by molar-refractivity contribution is 5.94. The first-order valence-electron chi connectivity index (χ1n) is 8.52. The van der Waals surface area contributed by atoms with Crippen LogP contribution in [-0.2, 0) is 6.54 Å². The Balaban J connectivity index is 0.00000288. The lowest BCUT2D eigenvalue weighted by Crippen LogP contribution is -2.41. The SMILES string of the molecule is CN(C)CCN1CCC(CNC(=O)c2cccc(CN)c2)CC1.Cl.Cl. The van der Waals surface area contributed by atoms with Gasteiger partial charge in [0.15, 0.2) is 0 Å². The van der Waals surface area contributed by atoms with E-state index in [1.165, 1.54) is 0 Å². The number of rotatable bonds is 7. The monoisotopic (exact) mass is 390 g/mol. The smallest absolute Gasteiger partial charge is 0.251 e. The molecule has 0 bridgehead atoms. The van der Waals surface area contributed by atoms with Crippen molar-refractivity contribution in [1.29, 1.82) is 0 Å². The molecule has 2 rings (SSSR count). The summed E-state index contributed by atoms with van der Waals surface area (Å²) in [5.74, 6) is 0.600. The van der Waals surface area contributed by atoms with Crippen molar-refractivity contribution in [3.8, 4) is 0 Å². The van der Waals surface area contributed by atoms with Crippen molar-refractivity contribution >= 4 is 30.7 Å². The average Bonchev–Trinajstić information content (AvgIpc) is 2.58. The molecule has 5 nitrogen and oxygen atoms in total. The van der Waals surface area contributed by atoms with Crippen molar-refractivity contribution in [2.24, 2.45) is 11.7 Å². The fourth-order valence-electron chi connectivity index (χ4n) is 2.93. The van der Waals surface area contributed by atoms with Crippen LogP contribution in [-0.4, -0.2) is 62.5 Å². The second kappa shape index (κ2) is 12.5. The van der Waals surface area contributed by atoms with Gasteiger partial charge in [0, 0.05) is 31.7 Å². The number of nitrogens with zero attached hydrogens (tertiary/aromatic N) is 2. The van der Waals surface area contributed by atoms with E-state index in [9.17, 15) is 4.79 Å². The van der Waals surface area contributed by atoms with E-state index < -0.39 is 0 Å². The summed E-state index contributed by atoms with van der Waals surface area (Å²) in [6.07, 6.45) is 2.33. The van der Waals surface area contributed by atoms with E-state index in [0.717, 1.165) is 51.1 Å². The number of benzene rings is 1. The van der Waals surface area contributed by atoms with Gasteiger partial charge in [-0.3, -0.25) is 4.79 Å². The topological polar surface area (TPSA) is 61.6 Å². The first-order chi connectivity index (χ1) is 11.1. The molecule has 1 amide bonds. The number of carbonyl (C=O) groups excluding carboxylic acids is 1. The molecular formula is C18H32Cl2N4O. The highest BCUT2D eigenvalue weighted by Gasteiger charge is 2.19. The van der Waals surface area contributed by atoms with Gasteiger partial charge < -0.3 is 20.9 Å². The van der Waals surface area contributed by atoms with Gasteiger partial charge in [0.2, 0.25) is 0 Å². The van der Waals surface area contributed by atoms with Crippen LogP contribution in [0.1, 0.15) is 28.8 Å². The third kappa shape index (κ3) is 8.38. The first kappa shape index (κ1) is 24.1. The van der Waals surface area contributed by atoms with E-state index in [1.54, 1.807) is 0 Å². The fourth-order valence-corrected chi connectivity index (χ4v) is 2.93. The van der Waals surface area contributed by atoms with Crippen LogP contribution >= 0.6 is 24.8 Å². The van der Waals surface area contributed by atoms with Crippen molar-refractivity contribution in [2.75, 3.05) is 46.8 Å². The zero-order valence-electron chi connectivity index (χ0n) is 15.2. The number of nitrogens with one attached hydrogen (secondary N) is 1. The lowest BCUT2D eigenvalue weighted by atomic mass is 9.96. The van der Waals surface area contributed by atoms with Crippen LogP contribution in [0.4, 0.5) is 0 Å². The van der Waals surface area contributed by atoms with Gasteiger partial charge in [-0.05, 0) is 63.6 Å². The van der Waals surface area contributed by atoms with Gasteiger partial charge in [-0.1, -0.05) is 12.1 Å². The van der Waals surface area contributed by atoms with Crippen molar-refractivity contribution in [1.82, 2.24) is 15.1 Å². The van der Waals surface area contributed by atoms with Gasteiger partial charge in [0.1, 0.15) is 0 Å². The quantitative estimate of drug-likeness (QED) is 0.747. The van der Waals surface area contributed by atoms with Crippen LogP contribution in [0, 0.1) is 5.92 Å². The van der Waals surface area contributed by atoms with Crippen LogP contribution in [0.3, 0.4) is 0 Å². The minimum absolute atomic E-state index is 0. The van der Waals surface area contributed by atoms with Crippen LogP contribution in [0.15, 0.2) is 24.3 Å². The maximum absolute atomic E-state index is 12.2. The van der Waals surface area contributed by atoms with Gasteiger partial charge in [-0.15, -0.1) is 24.8 Å². The standard InChI is InChI=1S/C18H30N4O.2ClH/c1-21(2)10-11-22-8-6-15(7-9-22)14-20-18(23)17-5-3-4-16(12-17)13-19;;/h3-5,12,15H,6-11,13-14,19H2,1-2H3,(H,20,23);2*1H. The normalized spacial score (nSPS) is 15.4. The molecule has 25 heavy (non-hydrogen) atoms. The molecule has 0 aliphatic carbocycles. The summed E-state index contributed by atoms with van der Waals surface area (Å²) in [5, 5.41) is 3.08. The molecule has 1 aliphatic heterocycles. The molecule has 0 radical (unpaired) electrons. The number of carbonyl (C=O) groups is 1. The van der Waals surface area contributed by atoms with Crippen LogP contribution in [0.25, 0.3) is 0 Å². The van der Waals surface area contributed by atoms with E-state index in [2.05, 4.69) is 29.2 Å². The van der Waals surface area contributed by atoms with Crippen molar-refractivity contribution in [2.45, 2.75) is 19.4 Å². The highest BCUT2D eigenvalue weighted by atomic mass is 35.5. The molecule has 0 aromatic heterocycles. The van der Waals surface area contributed by atoms with Crippen LogP contribution in [0.5, 0.6) is 0 Å². The molecule has 0 saturated carbocycles. The molecule has 0 spiro atoms. The van der Waals surface area contributed by atoms with E-state index in [4.69, 9.17) is 5.73 Å². The Kier molecular flexibility index (Phi) is 12.1. The fraction of sp³-hybridized carbons (Fsp3) is 0.611. The van der Waals surface area contributed by atoms with Gasteiger partial charge in [0.25, 0.3) is 5.91 Å².